The van der Waals surface area contributed by atoms with Gasteiger partial charge in [0.05, 0.1) is 0 Å². The number of aryl methyl sites for hydroxylation is 1. The molecule has 2 saturated heterocycles. The Bertz CT molecular complexity index is 865. The fourth-order valence-electron chi connectivity index (χ4n) is 5.06. The van der Waals surface area contributed by atoms with Crippen molar-refractivity contribution in [3.05, 3.63) is 22.3 Å². The number of carbonyl (C=O) groups is 2. The van der Waals surface area contributed by atoms with Gasteiger partial charge in [0.2, 0.25) is 5.91 Å². The molecule has 0 aromatic carbocycles. The maximum absolute atomic E-state index is 13.3. The molecule has 1 N–H and O–H groups in total. The molecule has 3 fully saturated rings. The van der Waals surface area contributed by atoms with Gasteiger partial charge in [0, 0.05) is 18.0 Å². The molecule has 1 aromatic heterocycles. The Kier molecular flexibility index (Phi) is 6.07. The summed E-state index contributed by atoms with van der Waals surface area (Å²) >= 11 is 3.37. The predicted molar refractivity (Wildman–Crippen MR) is 123 cm³/mol. The van der Waals surface area contributed by atoms with E-state index in [9.17, 15) is 9.59 Å². The van der Waals surface area contributed by atoms with Crippen molar-refractivity contribution in [1.29, 1.82) is 0 Å². The largest absolute Gasteiger partial charge is 0.444 e. The zero-order valence-electron chi connectivity index (χ0n) is 18.9. The highest BCUT2D eigenvalue weighted by Crippen LogP contribution is 2.60. The molecule has 8 heteroatoms. The molecule has 0 bridgehead atoms. The van der Waals surface area contributed by atoms with E-state index < -0.39 is 17.7 Å². The van der Waals surface area contributed by atoms with Crippen LogP contribution in [0.3, 0.4) is 0 Å². The molecule has 0 radical (unpaired) electrons. The normalized spacial score (nSPS) is 28.2. The Morgan fingerprint density at radius 1 is 1.23 bits per heavy atom. The van der Waals surface area contributed by atoms with Crippen molar-refractivity contribution in [1.82, 2.24) is 14.8 Å². The van der Waals surface area contributed by atoms with Crippen molar-refractivity contribution in [2.24, 2.45) is 5.41 Å². The first-order valence-corrected chi connectivity index (χ1v) is 12.0. The van der Waals surface area contributed by atoms with E-state index in [0.29, 0.717) is 16.8 Å². The molecule has 1 aliphatic carbocycles. The third-order valence-corrected chi connectivity index (χ3v) is 7.06. The SMILES string of the molecule is Cc1ccc(Br)nc1NC(=O)[C@@H]1CC2(CN3CCCCC3)CC2N1C(=O)OC(C)(C)C. The summed E-state index contributed by atoms with van der Waals surface area (Å²) < 4.78 is 6.36. The van der Waals surface area contributed by atoms with E-state index in [2.05, 4.69) is 31.1 Å². The first-order chi connectivity index (χ1) is 14.6. The molecule has 4 rings (SSSR count). The van der Waals surface area contributed by atoms with E-state index in [1.165, 1.54) is 19.3 Å². The van der Waals surface area contributed by atoms with E-state index >= 15 is 0 Å². The Labute approximate surface area is 193 Å². The lowest BCUT2D eigenvalue weighted by atomic mass is 9.97. The number of pyridine rings is 1. The second kappa shape index (κ2) is 8.35. The fourth-order valence-corrected chi connectivity index (χ4v) is 5.37. The van der Waals surface area contributed by atoms with Crippen molar-refractivity contribution in [3.63, 3.8) is 0 Å². The van der Waals surface area contributed by atoms with E-state index in [-0.39, 0.29) is 17.4 Å². The first kappa shape index (κ1) is 22.5. The summed E-state index contributed by atoms with van der Waals surface area (Å²) in [5.41, 5.74) is 0.273. The first-order valence-electron chi connectivity index (χ1n) is 11.3. The second-order valence-corrected chi connectivity index (χ2v) is 11.1. The number of hydrogen-bond donors (Lipinski definition) is 1. The number of hydrogen-bond acceptors (Lipinski definition) is 5. The monoisotopic (exact) mass is 492 g/mol. The average Bonchev–Trinajstić information content (AvgIpc) is 3.26. The van der Waals surface area contributed by atoms with E-state index in [0.717, 1.165) is 31.6 Å². The minimum atomic E-state index is -0.604. The van der Waals surface area contributed by atoms with E-state index in [1.807, 2.05) is 39.8 Å². The highest BCUT2D eigenvalue weighted by atomic mass is 79.9. The minimum absolute atomic E-state index is 0.00397. The molecule has 1 aromatic rings. The van der Waals surface area contributed by atoms with Crippen molar-refractivity contribution < 1.29 is 14.3 Å². The van der Waals surface area contributed by atoms with Crippen LogP contribution < -0.4 is 5.32 Å². The second-order valence-electron chi connectivity index (χ2n) is 10.3. The highest BCUT2D eigenvalue weighted by molar-refractivity contribution is 9.10. The van der Waals surface area contributed by atoms with Gasteiger partial charge in [-0.2, -0.15) is 0 Å². The standard InChI is InChI=1S/C23H33BrN4O3/c1-15-8-9-18(24)25-19(15)26-20(29)16-12-23(14-27-10-6-5-7-11-27)13-17(23)28(16)21(30)31-22(2,3)4/h8-9,16-17H,5-7,10-14H2,1-4H3,(H,25,26,29)/t16-,17?,23?/m0/s1. The molecule has 3 aliphatic rings. The van der Waals surface area contributed by atoms with Crippen molar-refractivity contribution >= 4 is 33.7 Å². The number of nitrogens with one attached hydrogen (secondary N) is 1. The minimum Gasteiger partial charge on any atom is -0.444 e. The van der Waals surface area contributed by atoms with Gasteiger partial charge in [-0.25, -0.2) is 9.78 Å². The van der Waals surface area contributed by atoms with Gasteiger partial charge in [0.15, 0.2) is 0 Å². The lowest BCUT2D eigenvalue weighted by Gasteiger charge is -2.30. The molecule has 2 unspecified atom stereocenters. The Hall–Kier alpha value is -1.67. The molecule has 3 heterocycles. The molecule has 31 heavy (non-hydrogen) atoms. The third kappa shape index (κ3) is 4.90. The van der Waals surface area contributed by atoms with Crippen LogP contribution in [0.5, 0.6) is 0 Å². The number of ether oxygens (including phenoxy) is 1. The summed E-state index contributed by atoms with van der Waals surface area (Å²) in [5, 5.41) is 2.96. The van der Waals surface area contributed by atoms with Crippen LogP contribution in [0.25, 0.3) is 0 Å². The van der Waals surface area contributed by atoms with Gasteiger partial charge in [-0.05, 0) is 94.0 Å². The van der Waals surface area contributed by atoms with Gasteiger partial charge >= 0.3 is 6.09 Å². The number of fused-ring (bicyclic) bond motifs is 1. The number of likely N-dealkylation sites (tertiary alicyclic amines) is 2. The van der Waals surface area contributed by atoms with Gasteiger partial charge in [-0.15, -0.1) is 0 Å². The summed E-state index contributed by atoms with van der Waals surface area (Å²) in [6.07, 6.45) is 4.98. The molecular weight excluding hydrogens is 460 g/mol. The molecule has 3 atom stereocenters. The Morgan fingerprint density at radius 3 is 2.61 bits per heavy atom. The summed E-state index contributed by atoms with van der Waals surface area (Å²) in [6, 6.07) is 3.27. The number of aromatic nitrogens is 1. The van der Waals surface area contributed by atoms with Crippen LogP contribution in [0.1, 0.15) is 58.4 Å². The summed E-state index contributed by atoms with van der Waals surface area (Å²) in [5.74, 6) is 0.332. The molecule has 170 valence electrons. The zero-order chi connectivity index (χ0) is 22.4. The lowest BCUT2D eigenvalue weighted by molar-refractivity contribution is -0.121. The van der Waals surface area contributed by atoms with Gasteiger partial charge < -0.3 is 15.0 Å². The summed E-state index contributed by atoms with van der Waals surface area (Å²) in [4.78, 5) is 35.1. The van der Waals surface area contributed by atoms with E-state index in [4.69, 9.17) is 4.74 Å². The van der Waals surface area contributed by atoms with Gasteiger partial charge in [0.25, 0.3) is 0 Å². The Morgan fingerprint density at radius 2 is 1.94 bits per heavy atom. The average molecular weight is 493 g/mol. The molecule has 7 nitrogen and oxygen atoms in total. The molecular formula is C23H33BrN4O3. The lowest BCUT2D eigenvalue weighted by Crippen LogP contribution is -2.47. The van der Waals surface area contributed by atoms with Crippen LogP contribution in [-0.2, 0) is 9.53 Å². The van der Waals surface area contributed by atoms with Crippen molar-refractivity contribution in [3.8, 4) is 0 Å². The van der Waals surface area contributed by atoms with Crippen LogP contribution in [-0.4, -0.2) is 64.1 Å². The molecule has 0 spiro atoms. The number of amides is 2. The topological polar surface area (TPSA) is 74.8 Å². The maximum Gasteiger partial charge on any atom is 0.411 e. The highest BCUT2D eigenvalue weighted by Gasteiger charge is 2.68. The third-order valence-electron chi connectivity index (χ3n) is 6.62. The van der Waals surface area contributed by atoms with Crippen LogP contribution in [0.2, 0.25) is 0 Å². The van der Waals surface area contributed by atoms with Crippen molar-refractivity contribution in [2.75, 3.05) is 25.0 Å². The summed E-state index contributed by atoms with van der Waals surface area (Å²) in [6.45, 7) is 10.7. The zero-order valence-corrected chi connectivity index (χ0v) is 20.5. The number of halogens is 1. The Balaban J connectivity index is 1.54. The van der Waals surface area contributed by atoms with Crippen molar-refractivity contribution in [2.45, 2.75) is 77.5 Å². The van der Waals surface area contributed by atoms with Gasteiger partial charge in [0.1, 0.15) is 22.1 Å². The molecule has 1 saturated carbocycles. The van der Waals surface area contributed by atoms with Crippen LogP contribution in [0, 0.1) is 12.3 Å². The van der Waals surface area contributed by atoms with Crippen LogP contribution in [0.15, 0.2) is 16.7 Å². The summed E-state index contributed by atoms with van der Waals surface area (Å²) in [7, 11) is 0. The quantitative estimate of drug-likeness (QED) is 0.632. The van der Waals surface area contributed by atoms with Gasteiger partial charge in [-0.1, -0.05) is 12.5 Å². The van der Waals surface area contributed by atoms with Crippen LogP contribution >= 0.6 is 15.9 Å². The molecule has 2 aliphatic heterocycles. The number of anilines is 1. The fraction of sp³-hybridized carbons (Fsp3) is 0.696. The number of nitrogens with zero attached hydrogens (tertiary/aromatic N) is 3. The number of carbonyl (C=O) groups excluding carboxylic acids is 2. The maximum atomic E-state index is 13.3. The number of rotatable bonds is 4. The predicted octanol–water partition coefficient (Wildman–Crippen LogP) is 4.35. The molecule has 2 amide bonds. The van der Waals surface area contributed by atoms with Crippen LogP contribution in [0.4, 0.5) is 10.6 Å². The van der Waals surface area contributed by atoms with E-state index in [1.54, 1.807) is 4.90 Å². The smallest absolute Gasteiger partial charge is 0.411 e. The van der Waals surface area contributed by atoms with Gasteiger partial charge in [-0.3, -0.25) is 9.69 Å². The number of piperidine rings is 2.